The van der Waals surface area contributed by atoms with Gasteiger partial charge in [-0.1, -0.05) is 61.8 Å². The summed E-state index contributed by atoms with van der Waals surface area (Å²) in [6.45, 7) is 20.8. The SMILES string of the molecule is CC(C)C1(C(C)C)CCCCc2sccc21.CC(C)C1(C(C)C)CCOCc2sccc21. The first-order valence-electron chi connectivity index (χ1n) is 12.9. The van der Waals surface area contributed by atoms with E-state index in [2.05, 4.69) is 78.3 Å². The molecule has 3 heterocycles. The standard InChI is InChI=1S/C15H24S.C14H22OS/c1-11(2)15(12(3)4)9-6-5-7-14-13(15)8-10-16-14;1-10(2)14(11(3)4)6-7-15-9-13-12(14)5-8-16-13/h8,10-12H,5-7,9H2,1-4H3;5,8,10-11H,6-7,9H2,1-4H3. The van der Waals surface area contributed by atoms with Gasteiger partial charge in [-0.15, -0.1) is 22.7 Å². The zero-order valence-corrected chi connectivity index (χ0v) is 23.4. The lowest BCUT2D eigenvalue weighted by Gasteiger charge is -2.41. The number of hydrogen-bond donors (Lipinski definition) is 0. The summed E-state index contributed by atoms with van der Waals surface area (Å²) in [6.07, 6.45) is 6.64. The Morgan fingerprint density at radius 3 is 1.75 bits per heavy atom. The average molecular weight is 475 g/mol. The van der Waals surface area contributed by atoms with Crippen LogP contribution >= 0.6 is 22.7 Å². The zero-order chi connectivity index (χ0) is 23.5. The molecule has 2 aliphatic rings. The van der Waals surface area contributed by atoms with Gasteiger partial charge < -0.3 is 4.74 Å². The van der Waals surface area contributed by atoms with Gasteiger partial charge in [-0.05, 0) is 83.4 Å². The van der Waals surface area contributed by atoms with Crippen LogP contribution in [0.25, 0.3) is 0 Å². The first-order valence-corrected chi connectivity index (χ1v) is 14.6. The van der Waals surface area contributed by atoms with Gasteiger partial charge in [0, 0.05) is 27.2 Å². The van der Waals surface area contributed by atoms with Gasteiger partial charge in [0.2, 0.25) is 0 Å². The van der Waals surface area contributed by atoms with Crippen LogP contribution in [0, 0.1) is 23.7 Å². The molecule has 0 bridgehead atoms. The summed E-state index contributed by atoms with van der Waals surface area (Å²) in [5.74, 6) is 2.84. The molecule has 0 saturated heterocycles. The molecule has 3 heteroatoms. The van der Waals surface area contributed by atoms with Crippen molar-refractivity contribution in [2.24, 2.45) is 23.7 Å². The molecule has 1 aliphatic heterocycles. The maximum atomic E-state index is 5.75. The Labute approximate surface area is 206 Å². The summed E-state index contributed by atoms with van der Waals surface area (Å²) in [5, 5.41) is 4.52. The minimum Gasteiger partial charge on any atom is -0.376 e. The van der Waals surface area contributed by atoms with Crippen molar-refractivity contribution in [3.8, 4) is 0 Å². The fraction of sp³-hybridized carbons (Fsp3) is 0.724. The Morgan fingerprint density at radius 1 is 0.688 bits per heavy atom. The summed E-state index contributed by atoms with van der Waals surface area (Å²) in [6, 6.07) is 4.74. The number of hydrogen-bond acceptors (Lipinski definition) is 3. The molecule has 4 rings (SSSR count). The van der Waals surface area contributed by atoms with Crippen molar-refractivity contribution in [1.82, 2.24) is 0 Å². The first-order chi connectivity index (χ1) is 15.2. The van der Waals surface area contributed by atoms with E-state index in [-0.39, 0.29) is 0 Å². The van der Waals surface area contributed by atoms with E-state index in [1.807, 2.05) is 22.7 Å². The van der Waals surface area contributed by atoms with Crippen LogP contribution in [0.5, 0.6) is 0 Å². The molecule has 0 spiro atoms. The first kappa shape index (κ1) is 26.0. The number of thiophene rings is 2. The topological polar surface area (TPSA) is 9.23 Å². The largest absolute Gasteiger partial charge is 0.376 e. The van der Waals surface area contributed by atoms with Crippen molar-refractivity contribution in [1.29, 1.82) is 0 Å². The summed E-state index contributed by atoms with van der Waals surface area (Å²) in [4.78, 5) is 3.11. The van der Waals surface area contributed by atoms with Crippen molar-refractivity contribution in [3.05, 3.63) is 43.8 Å². The third kappa shape index (κ3) is 4.64. The lowest BCUT2D eigenvalue weighted by Crippen LogP contribution is -2.38. The highest BCUT2D eigenvalue weighted by molar-refractivity contribution is 7.10. The normalized spacial score (nSPS) is 19.9. The quantitative estimate of drug-likeness (QED) is 0.401. The van der Waals surface area contributed by atoms with Gasteiger partial charge in [-0.2, -0.15) is 0 Å². The fourth-order valence-electron chi connectivity index (χ4n) is 6.93. The van der Waals surface area contributed by atoms with E-state index in [1.165, 1.54) is 30.6 Å². The summed E-state index contributed by atoms with van der Waals surface area (Å²) in [7, 11) is 0. The molecule has 0 unspecified atom stereocenters. The van der Waals surface area contributed by atoms with Crippen LogP contribution in [0.15, 0.2) is 22.9 Å². The van der Waals surface area contributed by atoms with Crippen molar-refractivity contribution < 1.29 is 4.74 Å². The molecule has 180 valence electrons. The highest BCUT2D eigenvalue weighted by Gasteiger charge is 2.42. The van der Waals surface area contributed by atoms with Crippen LogP contribution < -0.4 is 0 Å². The third-order valence-electron chi connectivity index (χ3n) is 8.75. The molecule has 0 saturated carbocycles. The molecule has 0 fully saturated rings. The van der Waals surface area contributed by atoms with Gasteiger partial charge in [0.05, 0.1) is 6.61 Å². The number of fused-ring (bicyclic) bond motifs is 2. The lowest BCUT2D eigenvalue weighted by molar-refractivity contribution is 0.0939. The number of rotatable bonds is 4. The van der Waals surface area contributed by atoms with E-state index < -0.39 is 0 Å². The molecule has 1 nitrogen and oxygen atoms in total. The fourth-order valence-corrected chi connectivity index (χ4v) is 8.85. The second kappa shape index (κ2) is 10.7. The molecule has 0 amide bonds. The molecule has 2 aromatic rings. The van der Waals surface area contributed by atoms with E-state index in [0.29, 0.717) is 22.7 Å². The van der Waals surface area contributed by atoms with Crippen LogP contribution in [0.3, 0.4) is 0 Å². The van der Waals surface area contributed by atoms with Crippen molar-refractivity contribution >= 4 is 22.7 Å². The summed E-state index contributed by atoms with van der Waals surface area (Å²) < 4.78 is 5.75. The van der Waals surface area contributed by atoms with Crippen molar-refractivity contribution in [2.75, 3.05) is 6.61 Å². The molecular weight excluding hydrogens is 428 g/mol. The molecule has 0 N–H and O–H groups in total. The predicted octanol–water partition coefficient (Wildman–Crippen LogP) is 9.24. The van der Waals surface area contributed by atoms with E-state index in [0.717, 1.165) is 31.5 Å². The Morgan fingerprint density at radius 2 is 1.19 bits per heavy atom. The minimum absolute atomic E-state index is 0.311. The van der Waals surface area contributed by atoms with Gasteiger partial charge in [-0.25, -0.2) is 0 Å². The molecule has 1 aliphatic carbocycles. The van der Waals surface area contributed by atoms with Crippen LogP contribution in [0.4, 0.5) is 0 Å². The van der Waals surface area contributed by atoms with E-state index in [9.17, 15) is 0 Å². The Kier molecular flexibility index (Phi) is 8.72. The summed E-state index contributed by atoms with van der Waals surface area (Å²) >= 11 is 3.83. The maximum absolute atomic E-state index is 5.75. The highest BCUT2D eigenvalue weighted by Crippen LogP contribution is 2.49. The molecule has 0 radical (unpaired) electrons. The monoisotopic (exact) mass is 474 g/mol. The van der Waals surface area contributed by atoms with Gasteiger partial charge >= 0.3 is 0 Å². The third-order valence-corrected chi connectivity index (χ3v) is 10.6. The molecule has 2 aromatic heterocycles. The van der Waals surface area contributed by atoms with Crippen LogP contribution in [0.2, 0.25) is 0 Å². The van der Waals surface area contributed by atoms with Crippen LogP contribution in [0.1, 0.15) is 102 Å². The van der Waals surface area contributed by atoms with Gasteiger partial charge in [-0.3, -0.25) is 0 Å². The van der Waals surface area contributed by atoms with E-state index >= 15 is 0 Å². The smallest absolute Gasteiger partial charge is 0.0812 e. The summed E-state index contributed by atoms with van der Waals surface area (Å²) in [5.41, 5.74) is 3.98. The molecule has 0 aromatic carbocycles. The van der Waals surface area contributed by atoms with Crippen molar-refractivity contribution in [3.63, 3.8) is 0 Å². The molecular formula is C29H46OS2. The number of aryl methyl sites for hydroxylation is 1. The van der Waals surface area contributed by atoms with Gasteiger partial charge in [0.15, 0.2) is 0 Å². The van der Waals surface area contributed by atoms with Gasteiger partial charge in [0.25, 0.3) is 0 Å². The van der Waals surface area contributed by atoms with E-state index in [4.69, 9.17) is 4.74 Å². The van der Waals surface area contributed by atoms with Crippen molar-refractivity contribution in [2.45, 2.75) is 105 Å². The Hall–Kier alpha value is -0.640. The zero-order valence-electron chi connectivity index (χ0n) is 21.8. The molecule has 0 atom stereocenters. The Balaban J connectivity index is 0.000000181. The number of ether oxygens (including phenoxy) is 1. The second-order valence-corrected chi connectivity index (χ2v) is 13.2. The minimum atomic E-state index is 0.311. The predicted molar refractivity (Wildman–Crippen MR) is 143 cm³/mol. The second-order valence-electron chi connectivity index (χ2n) is 11.2. The highest BCUT2D eigenvalue weighted by atomic mass is 32.1. The van der Waals surface area contributed by atoms with E-state index in [1.54, 1.807) is 16.0 Å². The van der Waals surface area contributed by atoms with Gasteiger partial charge in [0.1, 0.15) is 0 Å². The Bertz CT molecular complexity index is 753. The lowest BCUT2D eigenvalue weighted by atomic mass is 9.63. The maximum Gasteiger partial charge on any atom is 0.0812 e. The van der Waals surface area contributed by atoms with Crippen LogP contribution in [-0.4, -0.2) is 6.61 Å². The van der Waals surface area contributed by atoms with Crippen LogP contribution in [-0.2, 0) is 28.6 Å². The average Bonchev–Trinajstić information content (AvgIpc) is 3.30. The molecule has 32 heavy (non-hydrogen) atoms.